The number of nitrogens with one attached hydrogen (secondary N) is 1. The Bertz CT molecular complexity index is 1260. The van der Waals surface area contributed by atoms with Crippen LogP contribution in [0.5, 0.6) is 5.88 Å². The summed E-state index contributed by atoms with van der Waals surface area (Å²) in [5.41, 5.74) is -0.500. The summed E-state index contributed by atoms with van der Waals surface area (Å²) in [6.07, 6.45) is 0. The molecular formula is C19H16FN5O7S. The average molecular weight is 477 g/mol. The van der Waals surface area contributed by atoms with E-state index in [9.17, 15) is 33.0 Å². The van der Waals surface area contributed by atoms with E-state index < -0.39 is 36.1 Å². The Morgan fingerprint density at radius 3 is 2.12 bits per heavy atom. The Hall–Kier alpha value is -4.04. The molecule has 1 heterocycles. The van der Waals surface area contributed by atoms with E-state index in [2.05, 4.69) is 14.9 Å². The summed E-state index contributed by atoms with van der Waals surface area (Å²) in [4.78, 5) is 19.9. The molecule has 1 N–H and O–H groups in total. The number of halogens is 1. The smallest absolute Gasteiger partial charge is 0.280 e. The fraction of sp³-hybridized carbons (Fsp3) is 0.158. The highest BCUT2D eigenvalue weighted by molar-refractivity contribution is 7.89. The van der Waals surface area contributed by atoms with Crippen LogP contribution in [0.15, 0.2) is 53.4 Å². The van der Waals surface area contributed by atoms with Gasteiger partial charge in [0.1, 0.15) is 18.0 Å². The van der Waals surface area contributed by atoms with E-state index in [1.54, 1.807) is 6.07 Å². The number of hydrogen-bond donors (Lipinski definition) is 1. The molecule has 0 amide bonds. The zero-order valence-corrected chi connectivity index (χ0v) is 17.8. The van der Waals surface area contributed by atoms with Gasteiger partial charge in [-0.3, -0.25) is 20.2 Å². The second-order valence-corrected chi connectivity index (χ2v) is 8.38. The molecule has 0 fully saturated rings. The first-order valence-electron chi connectivity index (χ1n) is 9.24. The maximum atomic E-state index is 13.0. The minimum atomic E-state index is -4.30. The van der Waals surface area contributed by atoms with E-state index in [1.165, 1.54) is 30.3 Å². The van der Waals surface area contributed by atoms with Crippen LogP contribution < -0.4 is 9.46 Å². The molecule has 172 valence electrons. The first kappa shape index (κ1) is 23.6. The van der Waals surface area contributed by atoms with Crippen molar-refractivity contribution in [2.24, 2.45) is 0 Å². The summed E-state index contributed by atoms with van der Waals surface area (Å²) in [6, 6.07) is 10.2. The van der Waals surface area contributed by atoms with Gasteiger partial charge in [0.25, 0.3) is 11.4 Å². The van der Waals surface area contributed by atoms with Gasteiger partial charge in [0.2, 0.25) is 15.9 Å². The molecule has 0 saturated carbocycles. The van der Waals surface area contributed by atoms with E-state index in [4.69, 9.17) is 4.74 Å². The van der Waals surface area contributed by atoms with Crippen molar-refractivity contribution >= 4 is 21.4 Å². The first-order chi connectivity index (χ1) is 15.6. The first-order valence-corrected chi connectivity index (χ1v) is 10.7. The Balaban J connectivity index is 1.64. The summed E-state index contributed by atoms with van der Waals surface area (Å²) < 4.78 is 45.4. The van der Waals surface area contributed by atoms with Crippen molar-refractivity contribution < 1.29 is 27.4 Å². The van der Waals surface area contributed by atoms with Crippen LogP contribution in [0, 0.1) is 33.0 Å². The number of sulfonamides is 1. The molecule has 3 aromatic rings. The van der Waals surface area contributed by atoms with Gasteiger partial charge in [-0.2, -0.15) is 0 Å². The maximum Gasteiger partial charge on any atom is 0.280 e. The van der Waals surface area contributed by atoms with Crippen molar-refractivity contribution in [2.75, 3.05) is 13.2 Å². The Labute approximate surface area is 186 Å². The second-order valence-electron chi connectivity index (χ2n) is 6.61. The molecule has 0 radical (unpaired) electrons. The molecule has 0 unspecified atom stereocenters. The zero-order chi connectivity index (χ0) is 24.2. The van der Waals surface area contributed by atoms with E-state index in [1.807, 2.05) is 0 Å². The fourth-order valence-corrected chi connectivity index (χ4v) is 3.83. The van der Waals surface area contributed by atoms with Crippen molar-refractivity contribution in [1.29, 1.82) is 0 Å². The molecule has 0 aliphatic rings. The standard InChI is InChI=1S/C19H16FN5O7S/c1-12-17(24(26)27)10-15(11-18(12)25(28)29)33(30,31)21-8-9-32-19-7-6-16(22-23-19)13-2-4-14(20)5-3-13/h2-7,10-11,21H,8-9H2,1H3. The van der Waals surface area contributed by atoms with Crippen molar-refractivity contribution in [3.05, 3.63) is 80.1 Å². The van der Waals surface area contributed by atoms with Crippen LogP contribution >= 0.6 is 0 Å². The molecule has 12 nitrogen and oxygen atoms in total. The largest absolute Gasteiger partial charge is 0.475 e. The molecule has 0 saturated heterocycles. The Morgan fingerprint density at radius 1 is 1.00 bits per heavy atom. The minimum Gasteiger partial charge on any atom is -0.475 e. The molecular weight excluding hydrogens is 461 g/mol. The second kappa shape index (κ2) is 9.62. The van der Waals surface area contributed by atoms with E-state index in [0.29, 0.717) is 11.3 Å². The van der Waals surface area contributed by atoms with Crippen LogP contribution in [-0.2, 0) is 10.0 Å². The summed E-state index contributed by atoms with van der Waals surface area (Å²) in [7, 11) is -4.30. The number of aromatic nitrogens is 2. The van der Waals surface area contributed by atoms with Crippen LogP contribution in [-0.4, -0.2) is 41.6 Å². The molecule has 14 heteroatoms. The number of rotatable bonds is 9. The molecule has 0 atom stereocenters. The van der Waals surface area contributed by atoms with Gasteiger partial charge in [-0.25, -0.2) is 17.5 Å². The number of hydrogen-bond acceptors (Lipinski definition) is 9. The van der Waals surface area contributed by atoms with Crippen molar-refractivity contribution in [3.8, 4) is 17.1 Å². The fourth-order valence-electron chi connectivity index (χ4n) is 2.78. The molecule has 0 aliphatic carbocycles. The lowest BCUT2D eigenvalue weighted by Crippen LogP contribution is -2.28. The molecule has 33 heavy (non-hydrogen) atoms. The van der Waals surface area contributed by atoms with Crippen molar-refractivity contribution in [3.63, 3.8) is 0 Å². The van der Waals surface area contributed by atoms with Crippen LogP contribution in [0.25, 0.3) is 11.3 Å². The highest BCUT2D eigenvalue weighted by Crippen LogP contribution is 2.31. The van der Waals surface area contributed by atoms with Gasteiger partial charge in [-0.15, -0.1) is 10.2 Å². The van der Waals surface area contributed by atoms with E-state index >= 15 is 0 Å². The normalized spacial score (nSPS) is 11.2. The van der Waals surface area contributed by atoms with Crippen LogP contribution in [0.3, 0.4) is 0 Å². The number of nitro benzene ring substituents is 2. The van der Waals surface area contributed by atoms with Crippen molar-refractivity contribution in [2.45, 2.75) is 11.8 Å². The molecule has 0 spiro atoms. The average Bonchev–Trinajstić information content (AvgIpc) is 2.77. The van der Waals surface area contributed by atoms with Gasteiger partial charge in [0.15, 0.2) is 0 Å². The number of nitro groups is 2. The maximum absolute atomic E-state index is 13.0. The van der Waals surface area contributed by atoms with Gasteiger partial charge < -0.3 is 4.74 Å². The summed E-state index contributed by atoms with van der Waals surface area (Å²) in [6.45, 7) is 0.745. The topological polar surface area (TPSA) is 167 Å². The van der Waals surface area contributed by atoms with Gasteiger partial charge in [0, 0.05) is 30.3 Å². The van der Waals surface area contributed by atoms with Gasteiger partial charge in [0.05, 0.1) is 20.4 Å². The highest BCUT2D eigenvalue weighted by atomic mass is 32.2. The predicted octanol–water partition coefficient (Wildman–Crippen LogP) is 2.76. The predicted molar refractivity (Wildman–Crippen MR) is 113 cm³/mol. The molecule has 1 aromatic heterocycles. The Morgan fingerprint density at radius 2 is 1.61 bits per heavy atom. The van der Waals surface area contributed by atoms with Gasteiger partial charge in [-0.1, -0.05) is 0 Å². The number of ether oxygens (including phenoxy) is 1. The quantitative estimate of drug-likeness (QED) is 0.277. The Kier molecular flexibility index (Phi) is 6.89. The minimum absolute atomic E-state index is 0.0988. The third-order valence-electron chi connectivity index (χ3n) is 4.45. The molecule has 3 rings (SSSR count). The SMILES string of the molecule is Cc1c([N+](=O)[O-])cc(S(=O)(=O)NCCOc2ccc(-c3ccc(F)cc3)nn2)cc1[N+](=O)[O-]. The molecule has 0 bridgehead atoms. The number of benzene rings is 2. The third kappa shape index (κ3) is 5.61. The van der Waals surface area contributed by atoms with Crippen molar-refractivity contribution in [1.82, 2.24) is 14.9 Å². The zero-order valence-electron chi connectivity index (χ0n) is 17.0. The third-order valence-corrected chi connectivity index (χ3v) is 5.89. The number of nitrogens with zero attached hydrogens (tertiary/aromatic N) is 4. The van der Waals surface area contributed by atoms with E-state index in [-0.39, 0.29) is 30.4 Å². The van der Waals surface area contributed by atoms with Gasteiger partial charge in [-0.05, 0) is 37.3 Å². The van der Waals surface area contributed by atoms with Crippen LogP contribution in [0.1, 0.15) is 5.56 Å². The summed E-state index contributed by atoms with van der Waals surface area (Å²) in [5, 5.41) is 30.1. The lowest BCUT2D eigenvalue weighted by molar-refractivity contribution is -0.395. The molecule has 0 aliphatic heterocycles. The van der Waals surface area contributed by atoms with Crippen LogP contribution in [0.2, 0.25) is 0 Å². The van der Waals surface area contributed by atoms with Crippen LogP contribution in [0.4, 0.5) is 15.8 Å². The lowest BCUT2D eigenvalue weighted by atomic mass is 10.1. The van der Waals surface area contributed by atoms with Gasteiger partial charge >= 0.3 is 0 Å². The monoisotopic (exact) mass is 477 g/mol. The molecule has 2 aromatic carbocycles. The highest BCUT2D eigenvalue weighted by Gasteiger charge is 2.27. The summed E-state index contributed by atoms with van der Waals surface area (Å²) >= 11 is 0. The lowest BCUT2D eigenvalue weighted by Gasteiger charge is -2.09. The summed E-state index contributed by atoms with van der Waals surface area (Å²) in [5.74, 6) is -0.286. The van der Waals surface area contributed by atoms with E-state index in [0.717, 1.165) is 19.1 Å².